The van der Waals surface area contributed by atoms with Gasteiger partial charge in [-0.3, -0.25) is 30.0 Å². The minimum absolute atomic E-state index is 0.00853. The maximum atomic E-state index is 14.4. The number of ether oxygens (including phenoxy) is 9. The Labute approximate surface area is 505 Å². The van der Waals surface area contributed by atoms with Crippen LogP contribution < -0.4 is 37.5 Å². The molecule has 0 saturated carbocycles. The number of carbonyl (C=O) groups is 8. The summed E-state index contributed by atoms with van der Waals surface area (Å²) in [5, 5.41) is 87.2. The van der Waals surface area contributed by atoms with Gasteiger partial charge >= 0.3 is 24.1 Å². The SMILES string of the molecule is CCCOCCOCCOCCOCCOc1cc(C(=O)N2CCN(C(=O)O[C@@H]([C@@H]3OC(C(=O)O)=C[C@H](NC(=N)N)[C@H]3NC(C)=O)[C@H](O)CO)CC2)cc(C(=O)N2CCN(C(=O)O[C@@H]([C@@H]3OC(C(=O)O)=C[C@H](NC(=N)N)[C@H]3NC(C)=O)[C@H](O)CO)CC2)c1. The molecule has 4 aliphatic heterocycles. The number of carboxylic acids is 2. The number of carboxylic acid groups (broad SMARTS) is 2. The van der Waals surface area contributed by atoms with E-state index in [4.69, 9.17) is 64.9 Å². The van der Waals surface area contributed by atoms with Gasteiger partial charge in [-0.25, -0.2) is 19.2 Å². The first kappa shape index (κ1) is 70.4. The van der Waals surface area contributed by atoms with Gasteiger partial charge in [-0.15, -0.1) is 0 Å². The highest BCUT2D eigenvalue weighted by molar-refractivity contribution is 6.00. The van der Waals surface area contributed by atoms with Crippen LogP contribution in [0.4, 0.5) is 9.59 Å². The second kappa shape index (κ2) is 34.9. The third-order valence-electron chi connectivity index (χ3n) is 13.7. The summed E-state index contributed by atoms with van der Waals surface area (Å²) in [6, 6.07) is -0.960. The molecule has 10 atom stereocenters. The standard InChI is InChI=1S/C53H80N12O23/c1-4-13-80-14-15-81-16-17-82-18-19-83-20-21-84-33-23-31(46(72)62-5-9-64(10-6-62)52(78)87-42(36(70)27-66)44-40(58-29(2)68)34(60-50(54)55)25-38(85-44)48(74)75)22-32(24-33)47(73)63-7-11-65(12-8-63)53(79)88-43(37(71)28-67)45-41(59-30(3)69)35(61-51(56)57)26-39(86-45)49(76)77/h22-26,34-37,40-45,66-67,70-71H,4-21,27-28H2,1-3H3,(H,58,68)(H,59,69)(H,74,75)(H,76,77)(H4,54,55,60)(H4,56,57,61)/t34-,35-,36+,37+,40+,41+,42+,43+,44+,45+/m0/s1. The Hall–Kier alpha value is -8.32. The molecule has 5 rings (SSSR count). The number of amides is 6. The Balaban J connectivity index is 1.29. The van der Waals surface area contributed by atoms with E-state index in [1.165, 1.54) is 37.8 Å². The number of piperazine rings is 2. The summed E-state index contributed by atoms with van der Waals surface area (Å²) in [6.07, 6.45) is -10.0. The topological polar surface area (TPSA) is 502 Å². The van der Waals surface area contributed by atoms with Gasteiger partial charge in [0.05, 0.1) is 83.6 Å². The lowest BCUT2D eigenvalue weighted by Gasteiger charge is -2.42. The highest BCUT2D eigenvalue weighted by atomic mass is 16.6. The number of benzene rings is 1. The van der Waals surface area contributed by atoms with Crippen LogP contribution >= 0.6 is 0 Å². The highest BCUT2D eigenvalue weighted by Gasteiger charge is 2.49. The second-order valence-corrected chi connectivity index (χ2v) is 20.3. The van der Waals surface area contributed by atoms with Gasteiger partial charge in [0.15, 0.2) is 36.3 Å². The zero-order valence-electron chi connectivity index (χ0n) is 48.9. The van der Waals surface area contributed by atoms with Gasteiger partial charge in [-0.05, 0) is 36.8 Å². The van der Waals surface area contributed by atoms with E-state index in [9.17, 15) is 69.0 Å². The number of aliphatic carboxylic acids is 2. The number of hydrogen-bond acceptors (Lipinski definition) is 23. The molecule has 16 N–H and O–H groups in total. The van der Waals surface area contributed by atoms with Gasteiger partial charge in [0.2, 0.25) is 23.3 Å². The summed E-state index contributed by atoms with van der Waals surface area (Å²) in [4.78, 5) is 110. The molecule has 6 amide bonds. The van der Waals surface area contributed by atoms with Crippen LogP contribution in [-0.2, 0) is 57.1 Å². The van der Waals surface area contributed by atoms with Crippen LogP contribution in [0.3, 0.4) is 0 Å². The van der Waals surface area contributed by atoms with Crippen LogP contribution in [-0.4, -0.2) is 296 Å². The average molecular weight is 1250 g/mol. The molecule has 0 aromatic heterocycles. The fraction of sp³-hybridized carbons (Fsp3) is 0.623. The molecule has 4 aliphatic rings. The molecule has 0 bridgehead atoms. The van der Waals surface area contributed by atoms with E-state index in [2.05, 4.69) is 21.3 Å². The molecule has 0 radical (unpaired) electrons. The van der Waals surface area contributed by atoms with Crippen LogP contribution in [0.15, 0.2) is 41.9 Å². The molecule has 4 heterocycles. The number of hydrogen-bond donors (Lipinski definition) is 14. The maximum absolute atomic E-state index is 14.4. The summed E-state index contributed by atoms with van der Waals surface area (Å²) in [5.41, 5.74) is 11.1. The summed E-state index contributed by atoms with van der Waals surface area (Å²) in [7, 11) is 0. The lowest BCUT2D eigenvalue weighted by Crippen LogP contribution is -2.65. The van der Waals surface area contributed by atoms with Crippen molar-refractivity contribution >= 4 is 59.7 Å². The zero-order chi connectivity index (χ0) is 64.6. The van der Waals surface area contributed by atoms with Gasteiger partial charge < -0.3 is 126 Å². The molecule has 2 fully saturated rings. The van der Waals surface area contributed by atoms with E-state index >= 15 is 0 Å². The van der Waals surface area contributed by atoms with Crippen molar-refractivity contribution < 1.29 is 112 Å². The Morgan fingerprint density at radius 2 is 0.898 bits per heavy atom. The second-order valence-electron chi connectivity index (χ2n) is 20.3. The predicted molar refractivity (Wildman–Crippen MR) is 301 cm³/mol. The molecule has 0 spiro atoms. The summed E-state index contributed by atoms with van der Waals surface area (Å²) >= 11 is 0. The molecule has 0 unspecified atom stereocenters. The molecule has 35 nitrogen and oxygen atoms in total. The van der Waals surface area contributed by atoms with Gasteiger partial charge in [0.1, 0.15) is 24.6 Å². The van der Waals surface area contributed by atoms with Crippen LogP contribution in [0.25, 0.3) is 0 Å². The minimum atomic E-state index is -1.90. The average Bonchev–Trinajstić information content (AvgIpc) is 2.85. The number of carbonyl (C=O) groups excluding carboxylic acids is 6. The molecule has 35 heteroatoms. The lowest BCUT2D eigenvalue weighted by atomic mass is 9.91. The minimum Gasteiger partial charge on any atom is -0.491 e. The van der Waals surface area contributed by atoms with Crippen molar-refractivity contribution in [1.82, 2.24) is 40.9 Å². The monoisotopic (exact) mass is 1250 g/mol. The Morgan fingerprint density at radius 1 is 0.557 bits per heavy atom. The van der Waals surface area contributed by atoms with E-state index < -0.39 is 145 Å². The molecule has 490 valence electrons. The Kier molecular flexibility index (Phi) is 27.9. The molecular weight excluding hydrogens is 1170 g/mol. The van der Waals surface area contributed by atoms with Gasteiger partial charge in [-0.1, -0.05) is 6.92 Å². The third-order valence-corrected chi connectivity index (χ3v) is 13.7. The Morgan fingerprint density at radius 3 is 1.22 bits per heavy atom. The van der Waals surface area contributed by atoms with Gasteiger partial charge in [0, 0.05) is 83.9 Å². The number of rotatable bonds is 31. The number of aliphatic hydroxyl groups is 4. The fourth-order valence-electron chi connectivity index (χ4n) is 9.60. The van der Waals surface area contributed by atoms with Crippen LogP contribution in [0.2, 0.25) is 0 Å². The maximum Gasteiger partial charge on any atom is 0.410 e. The predicted octanol–water partition coefficient (Wildman–Crippen LogP) is -4.78. The number of nitrogens with zero attached hydrogens (tertiary/aromatic N) is 4. The van der Waals surface area contributed by atoms with Crippen molar-refractivity contribution in [3.63, 3.8) is 0 Å². The summed E-state index contributed by atoms with van der Waals surface area (Å²) in [5.74, 6) is -8.28. The normalized spacial score (nSPS) is 21.5. The van der Waals surface area contributed by atoms with Crippen molar-refractivity contribution in [3.05, 3.63) is 53.0 Å². The Bertz CT molecular complexity index is 2500. The quantitative estimate of drug-likeness (QED) is 0.0188. The number of guanidine groups is 2. The highest BCUT2D eigenvalue weighted by Crippen LogP contribution is 2.29. The smallest absolute Gasteiger partial charge is 0.410 e. The van der Waals surface area contributed by atoms with E-state index in [0.29, 0.717) is 33.0 Å². The lowest BCUT2D eigenvalue weighted by molar-refractivity contribution is -0.148. The fourth-order valence-corrected chi connectivity index (χ4v) is 9.60. The zero-order valence-corrected chi connectivity index (χ0v) is 48.9. The summed E-state index contributed by atoms with van der Waals surface area (Å²) in [6.45, 7) is 3.87. The van der Waals surface area contributed by atoms with Crippen molar-refractivity contribution in [2.75, 3.05) is 125 Å². The van der Waals surface area contributed by atoms with Crippen LogP contribution in [0.5, 0.6) is 5.75 Å². The molecule has 0 aliphatic carbocycles. The number of aliphatic hydroxyl groups excluding tert-OH is 4. The largest absolute Gasteiger partial charge is 0.491 e. The van der Waals surface area contributed by atoms with Gasteiger partial charge in [0.25, 0.3) is 11.8 Å². The van der Waals surface area contributed by atoms with E-state index in [-0.39, 0.29) is 95.7 Å². The molecule has 2 saturated heterocycles. The summed E-state index contributed by atoms with van der Waals surface area (Å²) < 4.78 is 50.7. The first-order chi connectivity index (χ1) is 42.0. The van der Waals surface area contributed by atoms with Crippen LogP contribution in [0.1, 0.15) is 47.9 Å². The third kappa shape index (κ3) is 20.9. The molecule has 88 heavy (non-hydrogen) atoms. The van der Waals surface area contributed by atoms with Crippen molar-refractivity contribution in [2.45, 2.75) is 88.0 Å². The van der Waals surface area contributed by atoms with Gasteiger partial charge in [-0.2, -0.15) is 0 Å². The first-order valence-corrected chi connectivity index (χ1v) is 28.1. The number of nitrogens with two attached hydrogens (primary N) is 2. The first-order valence-electron chi connectivity index (χ1n) is 28.1. The van der Waals surface area contributed by atoms with Crippen molar-refractivity contribution in [1.29, 1.82) is 10.8 Å². The van der Waals surface area contributed by atoms with Crippen LogP contribution in [0, 0.1) is 10.8 Å². The van der Waals surface area contributed by atoms with Crippen molar-refractivity contribution in [3.8, 4) is 5.75 Å². The number of nitrogens with one attached hydrogen (secondary N) is 6. The van der Waals surface area contributed by atoms with Crippen molar-refractivity contribution in [2.24, 2.45) is 11.5 Å². The van der Waals surface area contributed by atoms with E-state index in [0.717, 1.165) is 32.4 Å². The molecular formula is C53H80N12O23. The molecule has 1 aromatic carbocycles. The molecule has 1 aromatic rings. The van der Waals surface area contributed by atoms with E-state index in [1.54, 1.807) is 0 Å². The van der Waals surface area contributed by atoms with E-state index in [1.807, 2.05) is 6.92 Å².